The average Bonchev–Trinajstić information content (AvgIpc) is 2.74. The molecule has 0 aliphatic carbocycles. The number of phenols is 1. The molecule has 0 radical (unpaired) electrons. The quantitative estimate of drug-likeness (QED) is 0.668. The molecule has 2 aromatic rings. The van der Waals surface area contributed by atoms with Gasteiger partial charge in [-0.05, 0) is 30.5 Å². The Kier molecular flexibility index (Phi) is 2.41. The first-order chi connectivity index (χ1) is 7.31. The monoisotopic (exact) mass is 201 g/mol. The van der Waals surface area contributed by atoms with E-state index >= 15 is 0 Å². The van der Waals surface area contributed by atoms with E-state index in [4.69, 9.17) is 0 Å². The first kappa shape index (κ1) is 9.33. The van der Waals surface area contributed by atoms with Crippen molar-refractivity contribution in [2.24, 2.45) is 0 Å². The number of nitrogens with one attached hydrogen (secondary N) is 2. The van der Waals surface area contributed by atoms with Gasteiger partial charge in [0, 0.05) is 17.4 Å². The van der Waals surface area contributed by atoms with Crippen molar-refractivity contribution in [1.29, 1.82) is 0 Å². The minimum atomic E-state index is 0.217. The van der Waals surface area contributed by atoms with Gasteiger partial charge in [0.25, 0.3) is 0 Å². The van der Waals surface area contributed by atoms with Crippen LogP contribution in [0.15, 0.2) is 43.2 Å². The molecule has 0 aliphatic heterocycles. The van der Waals surface area contributed by atoms with Gasteiger partial charge in [-0.2, -0.15) is 5.10 Å². The minimum absolute atomic E-state index is 0.217. The van der Waals surface area contributed by atoms with Gasteiger partial charge in [0.05, 0.1) is 5.69 Å². The lowest BCUT2D eigenvalue weighted by Gasteiger charge is -2.05. The molecule has 3 N–H and O–H groups in total. The molecule has 0 saturated carbocycles. The molecule has 76 valence electrons. The van der Waals surface area contributed by atoms with E-state index in [9.17, 15) is 5.11 Å². The van der Waals surface area contributed by atoms with Crippen molar-refractivity contribution < 1.29 is 5.11 Å². The van der Waals surface area contributed by atoms with Crippen molar-refractivity contribution in [1.82, 2.24) is 10.2 Å². The molecule has 2 rings (SSSR count). The number of H-pyrrole nitrogens is 1. The fourth-order valence-electron chi connectivity index (χ4n) is 1.37. The van der Waals surface area contributed by atoms with E-state index in [-0.39, 0.29) is 5.75 Å². The largest absolute Gasteiger partial charge is 0.507 e. The Labute approximate surface area is 87.3 Å². The van der Waals surface area contributed by atoms with E-state index in [1.807, 2.05) is 6.07 Å². The van der Waals surface area contributed by atoms with Crippen molar-refractivity contribution in [2.75, 3.05) is 5.32 Å². The lowest BCUT2D eigenvalue weighted by Crippen LogP contribution is -1.87. The van der Waals surface area contributed by atoms with Gasteiger partial charge >= 0.3 is 0 Å². The maximum absolute atomic E-state index is 9.67. The summed E-state index contributed by atoms with van der Waals surface area (Å²) in [7, 11) is 0. The average molecular weight is 201 g/mol. The molecule has 0 bridgehead atoms. The van der Waals surface area contributed by atoms with Crippen LogP contribution in [0.25, 0.3) is 11.3 Å². The Morgan fingerprint density at radius 2 is 2.27 bits per heavy atom. The third kappa shape index (κ3) is 1.83. The molecule has 0 unspecified atom stereocenters. The van der Waals surface area contributed by atoms with E-state index in [2.05, 4.69) is 22.1 Å². The molecule has 1 aromatic carbocycles. The van der Waals surface area contributed by atoms with Gasteiger partial charge < -0.3 is 10.4 Å². The Morgan fingerprint density at radius 3 is 2.93 bits per heavy atom. The van der Waals surface area contributed by atoms with E-state index in [0.717, 1.165) is 11.4 Å². The zero-order valence-corrected chi connectivity index (χ0v) is 8.07. The molecule has 0 atom stereocenters. The van der Waals surface area contributed by atoms with Crippen LogP contribution in [-0.4, -0.2) is 15.3 Å². The van der Waals surface area contributed by atoms with Crippen molar-refractivity contribution >= 4 is 5.69 Å². The summed E-state index contributed by atoms with van der Waals surface area (Å²) < 4.78 is 0. The number of hydrogen-bond donors (Lipinski definition) is 3. The number of hydrogen-bond acceptors (Lipinski definition) is 3. The first-order valence-electron chi connectivity index (χ1n) is 4.51. The maximum Gasteiger partial charge on any atom is 0.125 e. The fraction of sp³-hybridized carbons (Fsp3) is 0. The summed E-state index contributed by atoms with van der Waals surface area (Å²) in [5.41, 5.74) is 2.35. The van der Waals surface area contributed by atoms with Gasteiger partial charge in [0.15, 0.2) is 0 Å². The van der Waals surface area contributed by atoms with E-state index < -0.39 is 0 Å². The molecule has 1 heterocycles. The smallest absolute Gasteiger partial charge is 0.125 e. The van der Waals surface area contributed by atoms with Crippen LogP contribution in [0, 0.1) is 0 Å². The second-order valence-electron chi connectivity index (χ2n) is 3.05. The molecule has 1 aromatic heterocycles. The van der Waals surface area contributed by atoms with E-state index in [1.165, 1.54) is 0 Å². The maximum atomic E-state index is 9.67. The van der Waals surface area contributed by atoms with Gasteiger partial charge in [-0.3, -0.25) is 5.10 Å². The van der Waals surface area contributed by atoms with Gasteiger partial charge in [-0.15, -0.1) is 0 Å². The molecule has 0 aliphatic rings. The molecule has 0 amide bonds. The number of anilines is 1. The highest BCUT2D eigenvalue weighted by Crippen LogP contribution is 2.30. The summed E-state index contributed by atoms with van der Waals surface area (Å²) >= 11 is 0. The second kappa shape index (κ2) is 3.88. The molecular formula is C11H11N3O. The summed E-state index contributed by atoms with van der Waals surface area (Å²) in [5.74, 6) is 0.217. The Bertz CT molecular complexity index is 463. The SMILES string of the molecule is C=CNc1ccc(O)c(-c2ccn[nH]2)c1. The number of phenolic OH excluding ortho intramolecular Hbond substituents is 1. The zero-order valence-electron chi connectivity index (χ0n) is 8.07. The topological polar surface area (TPSA) is 60.9 Å². The van der Waals surface area contributed by atoms with Crippen LogP contribution in [0.5, 0.6) is 5.75 Å². The standard InChI is InChI=1S/C11H11N3O/c1-2-12-8-3-4-11(15)9(7-8)10-5-6-13-14-10/h2-7,12,15H,1H2,(H,13,14). The van der Waals surface area contributed by atoms with Crippen LogP contribution in [0.3, 0.4) is 0 Å². The number of nitrogens with zero attached hydrogens (tertiary/aromatic N) is 1. The van der Waals surface area contributed by atoms with E-state index in [1.54, 1.807) is 30.6 Å². The lowest BCUT2D eigenvalue weighted by atomic mass is 10.1. The predicted octanol–water partition coefficient (Wildman–Crippen LogP) is 2.34. The molecule has 15 heavy (non-hydrogen) atoms. The summed E-state index contributed by atoms with van der Waals surface area (Å²) in [4.78, 5) is 0. The minimum Gasteiger partial charge on any atom is -0.507 e. The predicted molar refractivity (Wildman–Crippen MR) is 59.5 cm³/mol. The first-order valence-corrected chi connectivity index (χ1v) is 4.51. The number of aromatic nitrogens is 2. The normalized spacial score (nSPS) is 9.87. The van der Waals surface area contributed by atoms with Crippen molar-refractivity contribution in [2.45, 2.75) is 0 Å². The highest BCUT2D eigenvalue weighted by molar-refractivity contribution is 5.71. The van der Waals surface area contributed by atoms with Gasteiger partial charge in [0.2, 0.25) is 0 Å². The highest BCUT2D eigenvalue weighted by atomic mass is 16.3. The number of rotatable bonds is 3. The van der Waals surface area contributed by atoms with Crippen molar-refractivity contribution in [3.8, 4) is 17.0 Å². The lowest BCUT2D eigenvalue weighted by molar-refractivity contribution is 0.477. The van der Waals surface area contributed by atoms with Gasteiger partial charge in [-0.1, -0.05) is 6.58 Å². The Morgan fingerprint density at radius 1 is 1.40 bits per heavy atom. The summed E-state index contributed by atoms with van der Waals surface area (Å²) in [6.07, 6.45) is 3.23. The van der Waals surface area contributed by atoms with Crippen molar-refractivity contribution in [3.63, 3.8) is 0 Å². The molecule has 4 nitrogen and oxygen atoms in total. The van der Waals surface area contributed by atoms with E-state index in [0.29, 0.717) is 5.56 Å². The third-order valence-corrected chi connectivity index (χ3v) is 2.06. The third-order valence-electron chi connectivity index (χ3n) is 2.06. The Hall–Kier alpha value is -2.23. The second-order valence-corrected chi connectivity index (χ2v) is 3.05. The zero-order chi connectivity index (χ0) is 10.7. The summed E-state index contributed by atoms with van der Waals surface area (Å²) in [6, 6.07) is 7.02. The van der Waals surface area contributed by atoms with Crippen LogP contribution in [0.1, 0.15) is 0 Å². The Balaban J connectivity index is 2.45. The highest BCUT2D eigenvalue weighted by Gasteiger charge is 2.05. The van der Waals surface area contributed by atoms with Crippen LogP contribution in [-0.2, 0) is 0 Å². The molecule has 0 spiro atoms. The summed E-state index contributed by atoms with van der Waals surface area (Å²) in [5, 5.41) is 19.3. The number of aromatic amines is 1. The molecule has 0 fully saturated rings. The molecule has 0 saturated heterocycles. The van der Waals surface area contributed by atoms with Crippen LogP contribution >= 0.6 is 0 Å². The molecular weight excluding hydrogens is 190 g/mol. The summed E-state index contributed by atoms with van der Waals surface area (Å²) in [6.45, 7) is 3.58. The van der Waals surface area contributed by atoms with Crippen LogP contribution in [0.4, 0.5) is 5.69 Å². The van der Waals surface area contributed by atoms with Gasteiger partial charge in [0.1, 0.15) is 5.75 Å². The number of benzene rings is 1. The van der Waals surface area contributed by atoms with Crippen LogP contribution < -0.4 is 5.32 Å². The van der Waals surface area contributed by atoms with Gasteiger partial charge in [-0.25, -0.2) is 0 Å². The van der Waals surface area contributed by atoms with Crippen LogP contribution in [0.2, 0.25) is 0 Å². The number of aromatic hydroxyl groups is 1. The molecule has 4 heteroatoms. The fourth-order valence-corrected chi connectivity index (χ4v) is 1.37. The van der Waals surface area contributed by atoms with Crippen molar-refractivity contribution in [3.05, 3.63) is 43.2 Å².